The Kier molecular flexibility index (Phi) is 3.42. The average molecular weight is 272 g/mol. The van der Waals surface area contributed by atoms with Crippen molar-refractivity contribution in [3.63, 3.8) is 0 Å². The fraction of sp³-hybridized carbons (Fsp3) is 0.438. The second-order valence-corrected chi connectivity index (χ2v) is 6.65. The molecule has 0 saturated carbocycles. The van der Waals surface area contributed by atoms with Crippen LogP contribution in [0.25, 0.3) is 0 Å². The van der Waals surface area contributed by atoms with Gasteiger partial charge in [-0.15, -0.1) is 11.3 Å². The molecule has 1 atom stereocenters. The van der Waals surface area contributed by atoms with Crippen LogP contribution < -0.4 is 5.73 Å². The highest BCUT2D eigenvalue weighted by Crippen LogP contribution is 2.29. The second kappa shape index (κ2) is 5.06. The van der Waals surface area contributed by atoms with E-state index in [9.17, 15) is 0 Å². The normalized spacial score (nSPS) is 15.5. The molecule has 3 heteroatoms. The zero-order chi connectivity index (χ0) is 13.4. The molecule has 0 radical (unpaired) electrons. The van der Waals surface area contributed by atoms with Gasteiger partial charge in [-0.05, 0) is 49.8 Å². The number of fused-ring (bicyclic) bond motifs is 1. The number of nitrogens with zero attached hydrogens (tertiary/aromatic N) is 1. The molecule has 2 nitrogen and oxygen atoms in total. The molecule has 1 unspecified atom stereocenters. The van der Waals surface area contributed by atoms with Gasteiger partial charge in [0, 0.05) is 17.3 Å². The lowest BCUT2D eigenvalue weighted by molar-refractivity contribution is 0.713. The van der Waals surface area contributed by atoms with Crippen LogP contribution in [-0.2, 0) is 19.3 Å². The minimum atomic E-state index is 0.0607. The molecule has 0 bridgehead atoms. The van der Waals surface area contributed by atoms with Gasteiger partial charge in [0.2, 0.25) is 0 Å². The molecule has 1 aliphatic carbocycles. The van der Waals surface area contributed by atoms with E-state index in [-0.39, 0.29) is 6.04 Å². The Morgan fingerprint density at radius 1 is 1.26 bits per heavy atom. The van der Waals surface area contributed by atoms with E-state index in [1.165, 1.54) is 45.1 Å². The molecular formula is C16H20N2S. The molecule has 0 fully saturated rings. The molecule has 2 aromatic rings. The maximum absolute atomic E-state index is 6.33. The van der Waals surface area contributed by atoms with Crippen molar-refractivity contribution in [2.45, 2.75) is 45.6 Å². The number of nitrogens with two attached hydrogens (primary N) is 1. The Bertz CT molecular complexity index is 579. The van der Waals surface area contributed by atoms with Crippen LogP contribution in [0.5, 0.6) is 0 Å². The zero-order valence-electron chi connectivity index (χ0n) is 11.6. The third kappa shape index (κ3) is 2.58. The topological polar surface area (TPSA) is 38.9 Å². The molecule has 0 spiro atoms. The number of rotatable bonds is 3. The van der Waals surface area contributed by atoms with Crippen LogP contribution in [0.15, 0.2) is 18.2 Å². The number of aryl methyl sites for hydroxylation is 4. The number of hydrogen-bond donors (Lipinski definition) is 1. The first kappa shape index (κ1) is 12.8. The first-order valence-corrected chi connectivity index (χ1v) is 7.75. The SMILES string of the molecule is Cc1ccc(C(N)Cc2nc3c(s2)CCC3)cc1C. The van der Waals surface area contributed by atoms with Crippen molar-refractivity contribution in [1.82, 2.24) is 4.98 Å². The second-order valence-electron chi connectivity index (χ2n) is 5.49. The van der Waals surface area contributed by atoms with Gasteiger partial charge in [0.05, 0.1) is 10.7 Å². The molecule has 2 N–H and O–H groups in total. The minimum absolute atomic E-state index is 0.0607. The van der Waals surface area contributed by atoms with E-state index in [0.717, 1.165) is 12.8 Å². The molecule has 19 heavy (non-hydrogen) atoms. The molecule has 1 aromatic carbocycles. The average Bonchev–Trinajstić information content (AvgIpc) is 2.93. The third-order valence-electron chi connectivity index (χ3n) is 3.99. The van der Waals surface area contributed by atoms with Crippen molar-refractivity contribution < 1.29 is 0 Å². The Morgan fingerprint density at radius 3 is 2.84 bits per heavy atom. The van der Waals surface area contributed by atoms with Crippen molar-refractivity contribution in [2.24, 2.45) is 5.73 Å². The highest BCUT2D eigenvalue weighted by molar-refractivity contribution is 7.11. The summed E-state index contributed by atoms with van der Waals surface area (Å²) in [4.78, 5) is 6.22. The van der Waals surface area contributed by atoms with E-state index in [2.05, 4.69) is 32.0 Å². The van der Waals surface area contributed by atoms with E-state index in [1.54, 1.807) is 0 Å². The first-order chi connectivity index (χ1) is 9.13. The number of aromatic nitrogens is 1. The first-order valence-electron chi connectivity index (χ1n) is 6.93. The summed E-state index contributed by atoms with van der Waals surface area (Å²) in [5.41, 5.74) is 11.5. The van der Waals surface area contributed by atoms with Gasteiger partial charge >= 0.3 is 0 Å². The minimum Gasteiger partial charge on any atom is -0.324 e. The maximum Gasteiger partial charge on any atom is 0.0950 e. The van der Waals surface area contributed by atoms with Crippen LogP contribution in [0.1, 0.15) is 44.7 Å². The summed E-state index contributed by atoms with van der Waals surface area (Å²) in [6, 6.07) is 6.58. The standard InChI is InChI=1S/C16H20N2S/c1-10-6-7-12(8-11(10)2)13(17)9-16-18-14-4-3-5-15(14)19-16/h6-8,13H,3-5,9,17H2,1-2H3. The van der Waals surface area contributed by atoms with Crippen LogP contribution in [0.3, 0.4) is 0 Å². The van der Waals surface area contributed by atoms with Gasteiger partial charge in [-0.1, -0.05) is 18.2 Å². The molecule has 1 heterocycles. The number of thiazole rings is 1. The monoisotopic (exact) mass is 272 g/mol. The highest BCUT2D eigenvalue weighted by Gasteiger charge is 2.18. The lowest BCUT2D eigenvalue weighted by atomic mass is 10.00. The molecule has 0 aliphatic heterocycles. The van der Waals surface area contributed by atoms with Gasteiger partial charge in [0.15, 0.2) is 0 Å². The van der Waals surface area contributed by atoms with Crippen LogP contribution in [-0.4, -0.2) is 4.98 Å². The largest absolute Gasteiger partial charge is 0.324 e. The van der Waals surface area contributed by atoms with Crippen molar-refractivity contribution in [2.75, 3.05) is 0 Å². The predicted octanol–water partition coefficient (Wildman–Crippen LogP) is 3.49. The fourth-order valence-electron chi connectivity index (χ4n) is 2.63. The van der Waals surface area contributed by atoms with Crippen LogP contribution >= 0.6 is 11.3 Å². The predicted molar refractivity (Wildman–Crippen MR) is 80.7 cm³/mol. The van der Waals surface area contributed by atoms with Gasteiger partial charge < -0.3 is 5.73 Å². The smallest absolute Gasteiger partial charge is 0.0950 e. The Balaban J connectivity index is 1.76. The number of hydrogen-bond acceptors (Lipinski definition) is 3. The van der Waals surface area contributed by atoms with Crippen molar-refractivity contribution in [3.05, 3.63) is 50.5 Å². The lowest BCUT2D eigenvalue weighted by Crippen LogP contribution is -2.13. The van der Waals surface area contributed by atoms with Gasteiger partial charge in [-0.3, -0.25) is 0 Å². The quantitative estimate of drug-likeness (QED) is 0.929. The summed E-state index contributed by atoms with van der Waals surface area (Å²) in [6.45, 7) is 4.28. The summed E-state index contributed by atoms with van der Waals surface area (Å²) >= 11 is 1.86. The van der Waals surface area contributed by atoms with Gasteiger partial charge in [-0.2, -0.15) is 0 Å². The van der Waals surface area contributed by atoms with Gasteiger partial charge in [-0.25, -0.2) is 4.98 Å². The molecule has 0 saturated heterocycles. The van der Waals surface area contributed by atoms with Crippen molar-refractivity contribution in [1.29, 1.82) is 0 Å². The summed E-state index contributed by atoms with van der Waals surface area (Å²) in [6.07, 6.45) is 4.51. The van der Waals surface area contributed by atoms with Crippen molar-refractivity contribution in [3.8, 4) is 0 Å². The van der Waals surface area contributed by atoms with Crippen LogP contribution in [0, 0.1) is 13.8 Å². The van der Waals surface area contributed by atoms with Gasteiger partial charge in [0.1, 0.15) is 0 Å². The summed E-state index contributed by atoms with van der Waals surface area (Å²) in [5, 5.41) is 1.20. The van der Waals surface area contributed by atoms with Crippen LogP contribution in [0.4, 0.5) is 0 Å². The summed E-state index contributed by atoms with van der Waals surface area (Å²) in [5.74, 6) is 0. The molecule has 3 rings (SSSR count). The zero-order valence-corrected chi connectivity index (χ0v) is 12.4. The highest BCUT2D eigenvalue weighted by atomic mass is 32.1. The number of benzene rings is 1. The molecular weight excluding hydrogens is 252 g/mol. The third-order valence-corrected chi connectivity index (χ3v) is 5.17. The molecule has 100 valence electrons. The van der Waals surface area contributed by atoms with E-state index < -0.39 is 0 Å². The Labute approximate surface area is 118 Å². The van der Waals surface area contributed by atoms with Crippen LogP contribution in [0.2, 0.25) is 0 Å². The summed E-state index contributed by atoms with van der Waals surface area (Å²) < 4.78 is 0. The fourth-order valence-corrected chi connectivity index (χ4v) is 3.85. The van der Waals surface area contributed by atoms with E-state index in [1.807, 2.05) is 11.3 Å². The van der Waals surface area contributed by atoms with Gasteiger partial charge in [0.25, 0.3) is 0 Å². The Hall–Kier alpha value is -1.19. The molecule has 1 aliphatic rings. The maximum atomic E-state index is 6.33. The Morgan fingerprint density at radius 2 is 2.11 bits per heavy atom. The van der Waals surface area contributed by atoms with E-state index in [4.69, 9.17) is 10.7 Å². The lowest BCUT2D eigenvalue weighted by Gasteiger charge is -2.12. The van der Waals surface area contributed by atoms with E-state index >= 15 is 0 Å². The van der Waals surface area contributed by atoms with Crippen molar-refractivity contribution >= 4 is 11.3 Å². The summed E-state index contributed by atoms with van der Waals surface area (Å²) in [7, 11) is 0. The molecule has 0 amide bonds. The van der Waals surface area contributed by atoms with E-state index in [0.29, 0.717) is 0 Å². The molecule has 1 aromatic heterocycles.